The molecule has 4 rings (SSSR count). The first-order valence-corrected chi connectivity index (χ1v) is 7.79. The Hall–Kier alpha value is -2.21. The molecule has 0 spiro atoms. The molecule has 1 aliphatic rings. The van der Waals surface area contributed by atoms with Crippen molar-refractivity contribution >= 4 is 22.5 Å². The molecule has 0 unspecified atom stereocenters. The number of aryl methyl sites for hydroxylation is 1. The fraction of sp³-hybridized carbons (Fsp3) is 0.438. The number of para-hydroxylation sites is 1. The molecule has 2 N–H and O–H groups in total. The van der Waals surface area contributed by atoms with Gasteiger partial charge < -0.3 is 10.4 Å². The van der Waals surface area contributed by atoms with Gasteiger partial charge in [0, 0.05) is 5.39 Å². The smallest absolute Gasteiger partial charge is 0.226 e. The van der Waals surface area contributed by atoms with Crippen molar-refractivity contribution < 1.29 is 5.11 Å². The van der Waals surface area contributed by atoms with E-state index >= 15 is 0 Å². The first-order valence-electron chi connectivity index (χ1n) is 7.79. The lowest BCUT2D eigenvalue weighted by Gasteiger charge is -2.28. The Balaban J connectivity index is 1.84. The van der Waals surface area contributed by atoms with Crippen LogP contribution in [0.25, 0.3) is 16.6 Å². The first kappa shape index (κ1) is 13.5. The van der Waals surface area contributed by atoms with Gasteiger partial charge in [0.05, 0.1) is 17.7 Å². The SMILES string of the molecule is Cc1nc2c3ccccc3nc(N[C@@H]3CCCC[C@H]3O)n2n1. The molecule has 22 heavy (non-hydrogen) atoms. The Morgan fingerprint density at radius 1 is 1.18 bits per heavy atom. The van der Waals surface area contributed by atoms with Crippen molar-refractivity contribution in [3.05, 3.63) is 30.1 Å². The van der Waals surface area contributed by atoms with Crippen LogP contribution >= 0.6 is 0 Å². The molecule has 1 fully saturated rings. The summed E-state index contributed by atoms with van der Waals surface area (Å²) in [6.07, 6.45) is 3.67. The van der Waals surface area contributed by atoms with Gasteiger partial charge in [0.25, 0.3) is 0 Å². The van der Waals surface area contributed by atoms with Gasteiger partial charge in [-0.3, -0.25) is 0 Å². The molecular weight excluding hydrogens is 278 g/mol. The standard InChI is InChI=1S/C16H19N5O/c1-10-17-15-11-6-2-3-7-12(11)18-16(21(15)20-10)19-13-8-4-5-9-14(13)22/h2-3,6-7,13-14,22H,4-5,8-9H2,1H3,(H,18,19)/t13-,14-/m1/s1. The number of nitrogens with one attached hydrogen (secondary N) is 1. The number of hydrogen-bond donors (Lipinski definition) is 2. The third kappa shape index (κ3) is 2.20. The van der Waals surface area contributed by atoms with E-state index in [-0.39, 0.29) is 12.1 Å². The van der Waals surface area contributed by atoms with Gasteiger partial charge >= 0.3 is 0 Å². The fourth-order valence-electron chi connectivity index (χ4n) is 3.20. The molecule has 1 saturated carbocycles. The van der Waals surface area contributed by atoms with Crippen molar-refractivity contribution in [2.24, 2.45) is 0 Å². The maximum Gasteiger partial charge on any atom is 0.226 e. The van der Waals surface area contributed by atoms with Gasteiger partial charge in [0.15, 0.2) is 5.65 Å². The maximum absolute atomic E-state index is 10.2. The van der Waals surface area contributed by atoms with Crippen LogP contribution < -0.4 is 5.32 Å². The predicted octanol–water partition coefficient (Wildman–Crippen LogP) is 2.30. The fourth-order valence-corrected chi connectivity index (χ4v) is 3.20. The number of nitrogens with zero attached hydrogens (tertiary/aromatic N) is 4. The summed E-state index contributed by atoms with van der Waals surface area (Å²) in [4.78, 5) is 9.21. The van der Waals surface area contributed by atoms with Crippen LogP contribution in [0.15, 0.2) is 24.3 Å². The van der Waals surface area contributed by atoms with E-state index in [1.807, 2.05) is 31.2 Å². The van der Waals surface area contributed by atoms with Crippen LogP contribution in [0.5, 0.6) is 0 Å². The van der Waals surface area contributed by atoms with Crippen LogP contribution in [0, 0.1) is 6.92 Å². The minimum absolute atomic E-state index is 0.0233. The summed E-state index contributed by atoms with van der Waals surface area (Å²) in [5.74, 6) is 1.37. The highest BCUT2D eigenvalue weighted by atomic mass is 16.3. The van der Waals surface area contributed by atoms with E-state index in [9.17, 15) is 5.11 Å². The van der Waals surface area contributed by atoms with Crippen LogP contribution in [-0.2, 0) is 0 Å². The van der Waals surface area contributed by atoms with Gasteiger partial charge in [-0.15, -0.1) is 5.10 Å². The first-order chi connectivity index (χ1) is 10.7. The Kier molecular flexibility index (Phi) is 3.18. The number of aromatic nitrogens is 4. The monoisotopic (exact) mass is 297 g/mol. The molecule has 2 atom stereocenters. The Bertz CT molecular complexity index is 828. The zero-order chi connectivity index (χ0) is 15.1. The number of aliphatic hydroxyl groups is 1. The molecule has 6 heteroatoms. The molecule has 0 amide bonds. The molecule has 2 aromatic heterocycles. The molecule has 2 heterocycles. The molecule has 0 bridgehead atoms. The zero-order valence-electron chi connectivity index (χ0n) is 12.5. The molecule has 0 radical (unpaired) electrons. The van der Waals surface area contributed by atoms with Crippen molar-refractivity contribution in [1.82, 2.24) is 19.6 Å². The van der Waals surface area contributed by atoms with Gasteiger partial charge in [-0.25, -0.2) is 9.97 Å². The van der Waals surface area contributed by atoms with Crippen molar-refractivity contribution in [2.45, 2.75) is 44.8 Å². The second-order valence-corrected chi connectivity index (χ2v) is 5.95. The van der Waals surface area contributed by atoms with Gasteiger partial charge in [0.1, 0.15) is 5.82 Å². The summed E-state index contributed by atoms with van der Waals surface area (Å²) < 4.78 is 1.75. The lowest BCUT2D eigenvalue weighted by Crippen LogP contribution is -2.37. The highest BCUT2D eigenvalue weighted by Gasteiger charge is 2.24. The quantitative estimate of drug-likeness (QED) is 0.759. The lowest BCUT2D eigenvalue weighted by atomic mass is 9.93. The maximum atomic E-state index is 10.2. The average Bonchev–Trinajstić information content (AvgIpc) is 2.92. The molecule has 6 nitrogen and oxygen atoms in total. The van der Waals surface area contributed by atoms with Crippen LogP contribution in [0.1, 0.15) is 31.5 Å². The van der Waals surface area contributed by atoms with Crippen molar-refractivity contribution in [2.75, 3.05) is 5.32 Å². The summed E-state index contributed by atoms with van der Waals surface area (Å²) in [7, 11) is 0. The molecule has 114 valence electrons. The molecular formula is C16H19N5O. The topological polar surface area (TPSA) is 75.3 Å². The number of anilines is 1. The lowest BCUT2D eigenvalue weighted by molar-refractivity contribution is 0.116. The second-order valence-electron chi connectivity index (χ2n) is 5.95. The summed E-state index contributed by atoms with van der Waals surface area (Å²) in [5.41, 5.74) is 1.69. The summed E-state index contributed by atoms with van der Waals surface area (Å²) >= 11 is 0. The van der Waals surface area contributed by atoms with Gasteiger partial charge in [0.2, 0.25) is 5.95 Å². The molecule has 0 aliphatic heterocycles. The van der Waals surface area contributed by atoms with Gasteiger partial charge in [-0.2, -0.15) is 4.52 Å². The minimum Gasteiger partial charge on any atom is -0.391 e. The Labute approximate surface area is 128 Å². The molecule has 1 aliphatic carbocycles. The average molecular weight is 297 g/mol. The molecule has 3 aromatic rings. The van der Waals surface area contributed by atoms with Crippen LogP contribution in [0.2, 0.25) is 0 Å². The van der Waals surface area contributed by atoms with Crippen molar-refractivity contribution in [3.8, 4) is 0 Å². The second kappa shape index (κ2) is 5.21. The number of rotatable bonds is 2. The van der Waals surface area contributed by atoms with Crippen LogP contribution in [0.3, 0.4) is 0 Å². The highest BCUT2D eigenvalue weighted by molar-refractivity contribution is 5.92. The number of benzene rings is 1. The molecule has 0 saturated heterocycles. The highest BCUT2D eigenvalue weighted by Crippen LogP contribution is 2.24. The summed E-state index contributed by atoms with van der Waals surface area (Å²) in [6.45, 7) is 1.88. The number of fused-ring (bicyclic) bond motifs is 3. The molecule has 1 aromatic carbocycles. The summed E-state index contributed by atoms with van der Waals surface area (Å²) in [6, 6.07) is 7.95. The predicted molar refractivity (Wildman–Crippen MR) is 84.9 cm³/mol. The van der Waals surface area contributed by atoms with Crippen molar-refractivity contribution in [3.63, 3.8) is 0 Å². The Morgan fingerprint density at radius 3 is 2.86 bits per heavy atom. The van der Waals surface area contributed by atoms with Gasteiger partial charge in [-0.1, -0.05) is 25.0 Å². The van der Waals surface area contributed by atoms with Crippen LogP contribution in [0.4, 0.5) is 5.95 Å². The largest absolute Gasteiger partial charge is 0.391 e. The minimum atomic E-state index is -0.332. The number of hydrogen-bond acceptors (Lipinski definition) is 5. The Morgan fingerprint density at radius 2 is 2.00 bits per heavy atom. The van der Waals surface area contributed by atoms with Gasteiger partial charge in [-0.05, 0) is 31.9 Å². The third-order valence-electron chi connectivity index (χ3n) is 4.33. The van der Waals surface area contributed by atoms with E-state index in [0.29, 0.717) is 11.8 Å². The number of aliphatic hydroxyl groups excluding tert-OH is 1. The van der Waals surface area contributed by atoms with E-state index < -0.39 is 0 Å². The normalized spacial score (nSPS) is 22.3. The van der Waals surface area contributed by atoms with E-state index in [4.69, 9.17) is 0 Å². The van der Waals surface area contributed by atoms with E-state index in [1.54, 1.807) is 4.52 Å². The summed E-state index contributed by atoms with van der Waals surface area (Å²) in [5, 5.41) is 19.0. The van der Waals surface area contributed by atoms with Crippen LogP contribution in [-0.4, -0.2) is 36.8 Å². The van der Waals surface area contributed by atoms with Crippen molar-refractivity contribution in [1.29, 1.82) is 0 Å². The van der Waals surface area contributed by atoms with E-state index in [0.717, 1.165) is 42.2 Å². The van der Waals surface area contributed by atoms with E-state index in [2.05, 4.69) is 20.4 Å². The zero-order valence-corrected chi connectivity index (χ0v) is 12.5. The third-order valence-corrected chi connectivity index (χ3v) is 4.33. The van der Waals surface area contributed by atoms with E-state index in [1.165, 1.54) is 0 Å².